The second kappa shape index (κ2) is 7.57. The first-order chi connectivity index (χ1) is 10.2. The fourth-order valence-corrected chi connectivity index (χ4v) is 2.91. The summed E-state index contributed by atoms with van der Waals surface area (Å²) >= 11 is 0. The van der Waals surface area contributed by atoms with Gasteiger partial charge in [-0.05, 0) is 25.6 Å². The van der Waals surface area contributed by atoms with Crippen LogP contribution in [0.25, 0.3) is 0 Å². The molecule has 1 aliphatic heterocycles. The minimum atomic E-state index is -0.154. The number of hydrogen-bond donors (Lipinski definition) is 1. The Hall–Kier alpha value is -1.39. The maximum absolute atomic E-state index is 13.0. The number of nitrogens with one attached hydrogen (secondary N) is 1. The molecule has 1 heterocycles. The summed E-state index contributed by atoms with van der Waals surface area (Å²) in [5, 5.41) is 3.31. The van der Waals surface area contributed by atoms with E-state index in [1.165, 1.54) is 5.56 Å². The van der Waals surface area contributed by atoms with Crippen LogP contribution in [0.2, 0.25) is 0 Å². The molecule has 0 aromatic heterocycles. The first-order valence-corrected chi connectivity index (χ1v) is 7.97. The van der Waals surface area contributed by atoms with Crippen LogP contribution in [0.1, 0.15) is 31.0 Å². The molecule has 1 unspecified atom stereocenters. The number of likely N-dealkylation sites (N-methyl/N-ethyl adjacent to an activating group) is 1. The summed E-state index contributed by atoms with van der Waals surface area (Å²) < 4.78 is 0. The van der Waals surface area contributed by atoms with Gasteiger partial charge in [-0.1, -0.05) is 43.7 Å². The molecule has 116 valence electrons. The van der Waals surface area contributed by atoms with Crippen molar-refractivity contribution in [3.63, 3.8) is 0 Å². The molecule has 1 aromatic carbocycles. The monoisotopic (exact) mass is 289 g/mol. The Bertz CT molecular complexity index is 448. The fraction of sp³-hybridized carbons (Fsp3) is 0.588. The Morgan fingerprint density at radius 2 is 1.76 bits per heavy atom. The Kier molecular flexibility index (Phi) is 5.76. The quantitative estimate of drug-likeness (QED) is 0.898. The summed E-state index contributed by atoms with van der Waals surface area (Å²) in [5.74, 6) is 0.240. The molecule has 1 N–H and O–H groups in total. The minimum absolute atomic E-state index is 0.154. The van der Waals surface area contributed by atoms with Crippen LogP contribution in [-0.4, -0.2) is 55.0 Å². The zero-order valence-electron chi connectivity index (χ0n) is 13.4. The van der Waals surface area contributed by atoms with Gasteiger partial charge in [-0.15, -0.1) is 0 Å². The number of rotatable bonds is 5. The lowest BCUT2D eigenvalue weighted by Gasteiger charge is -2.35. The van der Waals surface area contributed by atoms with Crippen molar-refractivity contribution < 1.29 is 4.79 Å². The summed E-state index contributed by atoms with van der Waals surface area (Å²) in [5.41, 5.74) is 2.33. The van der Waals surface area contributed by atoms with Gasteiger partial charge in [-0.2, -0.15) is 0 Å². The van der Waals surface area contributed by atoms with E-state index in [-0.39, 0.29) is 11.9 Å². The van der Waals surface area contributed by atoms with Gasteiger partial charge in [0.2, 0.25) is 5.91 Å². The maximum Gasteiger partial charge on any atom is 0.244 e. The highest BCUT2D eigenvalue weighted by atomic mass is 16.2. The molecule has 4 heteroatoms. The fourth-order valence-electron chi connectivity index (χ4n) is 2.91. The van der Waals surface area contributed by atoms with Gasteiger partial charge in [0.25, 0.3) is 0 Å². The third kappa shape index (κ3) is 3.83. The Labute approximate surface area is 128 Å². The number of nitrogens with zero attached hydrogens (tertiary/aromatic N) is 2. The number of carbonyl (C=O) groups excluding carboxylic acids is 1. The van der Waals surface area contributed by atoms with Crippen LogP contribution >= 0.6 is 0 Å². The zero-order chi connectivity index (χ0) is 15.2. The highest BCUT2D eigenvalue weighted by Gasteiger charge is 2.30. The van der Waals surface area contributed by atoms with Gasteiger partial charge < -0.3 is 10.2 Å². The van der Waals surface area contributed by atoms with Crippen molar-refractivity contribution in [2.75, 3.05) is 39.3 Å². The van der Waals surface area contributed by atoms with E-state index in [0.29, 0.717) is 0 Å². The van der Waals surface area contributed by atoms with Crippen molar-refractivity contribution in [3.8, 4) is 0 Å². The first kappa shape index (κ1) is 16.0. The second-order valence-corrected chi connectivity index (χ2v) is 5.61. The molecule has 4 nitrogen and oxygen atoms in total. The van der Waals surface area contributed by atoms with Crippen LogP contribution < -0.4 is 5.32 Å². The lowest BCUT2D eigenvalue weighted by atomic mass is 10.0. The molecule has 21 heavy (non-hydrogen) atoms. The Morgan fingerprint density at radius 3 is 2.29 bits per heavy atom. The number of piperazine rings is 1. The van der Waals surface area contributed by atoms with Crippen molar-refractivity contribution in [2.24, 2.45) is 0 Å². The first-order valence-electron chi connectivity index (χ1n) is 7.97. The van der Waals surface area contributed by atoms with Crippen LogP contribution in [-0.2, 0) is 4.79 Å². The summed E-state index contributed by atoms with van der Waals surface area (Å²) in [6.45, 7) is 11.5. The molecule has 0 saturated carbocycles. The summed E-state index contributed by atoms with van der Waals surface area (Å²) in [6, 6.07) is 8.23. The standard InChI is InChI=1S/C17H27N3O/c1-4-19(5-2)16(15-8-6-14(3)7-9-15)17(21)20-12-10-18-11-13-20/h6-9,16,18H,4-5,10-13H2,1-3H3. The molecule has 0 radical (unpaired) electrons. The third-order valence-electron chi connectivity index (χ3n) is 4.23. The Balaban J connectivity index is 2.26. The molecule has 2 rings (SSSR count). The van der Waals surface area contributed by atoms with Gasteiger partial charge in [0, 0.05) is 26.2 Å². The highest BCUT2D eigenvalue weighted by Crippen LogP contribution is 2.23. The van der Waals surface area contributed by atoms with E-state index in [1.54, 1.807) is 0 Å². The van der Waals surface area contributed by atoms with Crippen LogP contribution in [0.4, 0.5) is 0 Å². The molecule has 1 fully saturated rings. The lowest BCUT2D eigenvalue weighted by Crippen LogP contribution is -2.50. The van der Waals surface area contributed by atoms with Crippen molar-refractivity contribution in [3.05, 3.63) is 35.4 Å². The minimum Gasteiger partial charge on any atom is -0.338 e. The summed E-state index contributed by atoms with van der Waals surface area (Å²) in [6.07, 6.45) is 0. The maximum atomic E-state index is 13.0. The van der Waals surface area contributed by atoms with E-state index in [9.17, 15) is 4.79 Å². The molecule has 0 spiro atoms. The lowest BCUT2D eigenvalue weighted by molar-refractivity contribution is -0.137. The van der Waals surface area contributed by atoms with Gasteiger partial charge in [0.1, 0.15) is 6.04 Å². The van der Waals surface area contributed by atoms with Crippen LogP contribution in [0.5, 0.6) is 0 Å². The van der Waals surface area contributed by atoms with Crippen molar-refractivity contribution >= 4 is 5.91 Å². The smallest absolute Gasteiger partial charge is 0.244 e. The van der Waals surface area contributed by atoms with Crippen molar-refractivity contribution in [2.45, 2.75) is 26.8 Å². The second-order valence-electron chi connectivity index (χ2n) is 5.61. The van der Waals surface area contributed by atoms with Gasteiger partial charge in [0.05, 0.1) is 0 Å². The van der Waals surface area contributed by atoms with Crippen LogP contribution in [0, 0.1) is 6.92 Å². The molecular weight excluding hydrogens is 262 g/mol. The van der Waals surface area contributed by atoms with Gasteiger partial charge in [0.15, 0.2) is 0 Å². The largest absolute Gasteiger partial charge is 0.338 e. The van der Waals surface area contributed by atoms with Crippen LogP contribution in [0.3, 0.4) is 0 Å². The molecule has 0 bridgehead atoms. The van der Waals surface area contributed by atoms with E-state index < -0.39 is 0 Å². The molecule has 0 aliphatic carbocycles. The predicted octanol–water partition coefficient (Wildman–Crippen LogP) is 1.81. The number of benzene rings is 1. The molecule has 1 aromatic rings. The molecule has 1 aliphatic rings. The van der Waals surface area contributed by atoms with Crippen molar-refractivity contribution in [1.82, 2.24) is 15.1 Å². The molecule has 1 amide bonds. The number of amides is 1. The van der Waals surface area contributed by atoms with Gasteiger partial charge in [-0.25, -0.2) is 0 Å². The van der Waals surface area contributed by atoms with E-state index in [1.807, 2.05) is 4.90 Å². The van der Waals surface area contributed by atoms with Crippen LogP contribution in [0.15, 0.2) is 24.3 Å². The zero-order valence-corrected chi connectivity index (χ0v) is 13.4. The Morgan fingerprint density at radius 1 is 1.19 bits per heavy atom. The summed E-state index contributed by atoms with van der Waals surface area (Å²) in [4.78, 5) is 17.2. The number of aryl methyl sites for hydroxylation is 1. The SMILES string of the molecule is CCN(CC)C(C(=O)N1CCNCC1)c1ccc(C)cc1. The topological polar surface area (TPSA) is 35.6 Å². The molecule has 1 saturated heterocycles. The normalized spacial score (nSPS) is 17.0. The molecule has 1 atom stereocenters. The van der Waals surface area contributed by atoms with Gasteiger partial charge >= 0.3 is 0 Å². The third-order valence-corrected chi connectivity index (χ3v) is 4.23. The van der Waals surface area contributed by atoms with E-state index in [0.717, 1.165) is 44.8 Å². The van der Waals surface area contributed by atoms with E-state index >= 15 is 0 Å². The summed E-state index contributed by atoms with van der Waals surface area (Å²) in [7, 11) is 0. The highest BCUT2D eigenvalue weighted by molar-refractivity contribution is 5.83. The van der Waals surface area contributed by atoms with E-state index in [2.05, 4.69) is 55.3 Å². The molecular formula is C17H27N3O. The predicted molar refractivity (Wildman–Crippen MR) is 86.3 cm³/mol. The average molecular weight is 289 g/mol. The average Bonchev–Trinajstić information content (AvgIpc) is 2.54. The number of hydrogen-bond acceptors (Lipinski definition) is 3. The number of carbonyl (C=O) groups is 1. The van der Waals surface area contributed by atoms with Gasteiger partial charge in [-0.3, -0.25) is 9.69 Å². The van der Waals surface area contributed by atoms with Crippen molar-refractivity contribution in [1.29, 1.82) is 0 Å². The van der Waals surface area contributed by atoms with E-state index in [4.69, 9.17) is 0 Å².